The van der Waals surface area contributed by atoms with Gasteiger partial charge in [-0.05, 0) is 47.5 Å². The van der Waals surface area contributed by atoms with E-state index in [-0.39, 0.29) is 0 Å². The molecule has 6 nitrogen and oxygen atoms in total. The normalized spacial score (nSPS) is 11.4. The van der Waals surface area contributed by atoms with Crippen molar-refractivity contribution in [2.75, 3.05) is 0 Å². The summed E-state index contributed by atoms with van der Waals surface area (Å²) in [7, 11) is 0. The minimum absolute atomic E-state index is 0.619. The second-order valence-electron chi connectivity index (χ2n) is 11.4. The Labute approximate surface area is 270 Å². The van der Waals surface area contributed by atoms with Gasteiger partial charge in [-0.25, -0.2) is 19.9 Å². The van der Waals surface area contributed by atoms with E-state index < -0.39 is 0 Å². The Balaban J connectivity index is 1.12. The summed E-state index contributed by atoms with van der Waals surface area (Å²) >= 11 is 0. The first kappa shape index (κ1) is 26.8. The summed E-state index contributed by atoms with van der Waals surface area (Å²) in [5.74, 6) is 1.89. The van der Waals surface area contributed by atoms with E-state index in [1.165, 1.54) is 0 Å². The highest BCUT2D eigenvalue weighted by molar-refractivity contribution is 6.05. The van der Waals surface area contributed by atoms with Gasteiger partial charge in [0, 0.05) is 32.8 Å². The highest BCUT2D eigenvalue weighted by Crippen LogP contribution is 2.34. The fraction of sp³-hybridized carbons (Fsp3) is 0. The van der Waals surface area contributed by atoms with E-state index in [0.717, 1.165) is 72.0 Å². The lowest BCUT2D eigenvalue weighted by Crippen LogP contribution is -2.00. The Morgan fingerprint density at radius 1 is 0.383 bits per heavy atom. The van der Waals surface area contributed by atoms with Gasteiger partial charge in [0.25, 0.3) is 0 Å². The van der Waals surface area contributed by atoms with Crippen LogP contribution in [-0.4, -0.2) is 24.9 Å². The van der Waals surface area contributed by atoms with Crippen molar-refractivity contribution >= 4 is 32.8 Å². The van der Waals surface area contributed by atoms with Gasteiger partial charge in [-0.3, -0.25) is 4.98 Å². The van der Waals surface area contributed by atoms with Crippen molar-refractivity contribution in [1.82, 2.24) is 24.9 Å². The maximum atomic E-state index is 5.98. The first-order valence-electron chi connectivity index (χ1n) is 15.4. The first-order valence-corrected chi connectivity index (χ1v) is 15.4. The third-order valence-electron chi connectivity index (χ3n) is 8.39. The van der Waals surface area contributed by atoms with E-state index in [9.17, 15) is 0 Å². The van der Waals surface area contributed by atoms with Gasteiger partial charge in [0.05, 0.1) is 23.1 Å². The molecule has 6 heteroatoms. The van der Waals surface area contributed by atoms with Crippen LogP contribution in [0.15, 0.2) is 156 Å². The predicted molar refractivity (Wildman–Crippen MR) is 187 cm³/mol. The molecule has 0 radical (unpaired) electrons. The standard InChI is InChI=1S/C41H25N5O/c1-3-11-26(12-4-1)39-44-40(27-13-5-2-6-14-27)46-41(45-39)29-16-9-15-28(23-29)30-18-10-19-34-31(30)21-22-35(43-34)36-24-33-32-17-7-8-20-37(32)47-38(33)25-42-36/h1-25H. The topological polar surface area (TPSA) is 77.6 Å². The van der Waals surface area contributed by atoms with Crippen LogP contribution in [0.4, 0.5) is 0 Å². The van der Waals surface area contributed by atoms with Crippen LogP contribution in [0, 0.1) is 0 Å². The number of aromatic nitrogens is 5. The number of rotatable bonds is 5. The van der Waals surface area contributed by atoms with E-state index >= 15 is 0 Å². The van der Waals surface area contributed by atoms with E-state index in [0.29, 0.717) is 17.5 Å². The summed E-state index contributed by atoms with van der Waals surface area (Å²) in [6.07, 6.45) is 1.78. The first-order chi connectivity index (χ1) is 23.3. The van der Waals surface area contributed by atoms with Gasteiger partial charge >= 0.3 is 0 Å². The molecular formula is C41H25N5O. The Kier molecular flexibility index (Phi) is 6.35. The molecule has 0 bridgehead atoms. The zero-order valence-electron chi connectivity index (χ0n) is 25.1. The molecule has 0 aliphatic heterocycles. The molecule has 0 saturated heterocycles. The molecule has 0 aliphatic carbocycles. The molecule has 0 amide bonds. The minimum atomic E-state index is 0.619. The maximum Gasteiger partial charge on any atom is 0.164 e. The van der Waals surface area contributed by atoms with Crippen LogP contribution >= 0.6 is 0 Å². The quantitative estimate of drug-likeness (QED) is 0.195. The number of hydrogen-bond acceptors (Lipinski definition) is 6. The zero-order valence-corrected chi connectivity index (χ0v) is 25.1. The van der Waals surface area contributed by atoms with E-state index in [4.69, 9.17) is 24.4 Å². The van der Waals surface area contributed by atoms with Crippen molar-refractivity contribution in [1.29, 1.82) is 0 Å². The van der Waals surface area contributed by atoms with E-state index in [2.05, 4.69) is 41.4 Å². The lowest BCUT2D eigenvalue weighted by atomic mass is 9.98. The van der Waals surface area contributed by atoms with Gasteiger partial charge in [0.1, 0.15) is 5.58 Å². The van der Waals surface area contributed by atoms with Crippen molar-refractivity contribution < 1.29 is 4.42 Å². The summed E-state index contributed by atoms with van der Waals surface area (Å²) in [6.45, 7) is 0. The highest BCUT2D eigenvalue weighted by atomic mass is 16.3. The third kappa shape index (κ3) is 4.89. The summed E-state index contributed by atoms with van der Waals surface area (Å²) < 4.78 is 5.98. The number of pyridine rings is 2. The molecule has 9 aromatic rings. The third-order valence-corrected chi connectivity index (χ3v) is 8.39. The molecule has 4 aromatic heterocycles. The monoisotopic (exact) mass is 603 g/mol. The molecule has 0 fully saturated rings. The second-order valence-corrected chi connectivity index (χ2v) is 11.4. The van der Waals surface area contributed by atoms with Gasteiger partial charge in [-0.15, -0.1) is 0 Å². The van der Waals surface area contributed by atoms with Crippen LogP contribution in [-0.2, 0) is 0 Å². The smallest absolute Gasteiger partial charge is 0.164 e. The van der Waals surface area contributed by atoms with Crippen LogP contribution in [0.5, 0.6) is 0 Å². The van der Waals surface area contributed by atoms with Crippen LogP contribution in [0.2, 0.25) is 0 Å². The van der Waals surface area contributed by atoms with Crippen LogP contribution < -0.4 is 0 Å². The number of fused-ring (bicyclic) bond motifs is 4. The van der Waals surface area contributed by atoms with Crippen LogP contribution in [0.25, 0.3) is 89.5 Å². The van der Waals surface area contributed by atoms with Crippen LogP contribution in [0.3, 0.4) is 0 Å². The predicted octanol–water partition coefficient (Wildman–Crippen LogP) is 10.0. The average molecular weight is 604 g/mol. The van der Waals surface area contributed by atoms with Gasteiger partial charge in [0.2, 0.25) is 0 Å². The van der Waals surface area contributed by atoms with Crippen molar-refractivity contribution in [3.05, 3.63) is 152 Å². The zero-order chi connectivity index (χ0) is 31.2. The summed E-state index contributed by atoms with van der Waals surface area (Å²) in [4.78, 5) is 24.4. The fourth-order valence-electron chi connectivity index (χ4n) is 6.08. The van der Waals surface area contributed by atoms with Crippen molar-refractivity contribution in [3.8, 4) is 56.7 Å². The Morgan fingerprint density at radius 3 is 1.79 bits per heavy atom. The molecule has 0 aliphatic rings. The Morgan fingerprint density at radius 2 is 1.02 bits per heavy atom. The lowest BCUT2D eigenvalue weighted by molar-refractivity contribution is 0.667. The van der Waals surface area contributed by atoms with Crippen molar-refractivity contribution in [2.24, 2.45) is 0 Å². The van der Waals surface area contributed by atoms with Gasteiger partial charge in [0.15, 0.2) is 23.1 Å². The van der Waals surface area contributed by atoms with Crippen molar-refractivity contribution in [2.45, 2.75) is 0 Å². The second kappa shape index (κ2) is 11.1. The van der Waals surface area contributed by atoms with E-state index in [1.807, 2.05) is 109 Å². The maximum absolute atomic E-state index is 5.98. The fourth-order valence-corrected chi connectivity index (χ4v) is 6.08. The molecule has 0 unspecified atom stereocenters. The van der Waals surface area contributed by atoms with Crippen LogP contribution in [0.1, 0.15) is 0 Å². The summed E-state index contributed by atoms with van der Waals surface area (Å²) in [6, 6.07) is 48.9. The number of hydrogen-bond donors (Lipinski definition) is 0. The van der Waals surface area contributed by atoms with Gasteiger partial charge in [-0.1, -0.05) is 109 Å². The summed E-state index contributed by atoms with van der Waals surface area (Å²) in [5.41, 5.74) is 9.04. The molecule has 0 N–H and O–H groups in total. The molecule has 5 aromatic carbocycles. The van der Waals surface area contributed by atoms with Gasteiger partial charge in [-0.2, -0.15) is 0 Å². The highest BCUT2D eigenvalue weighted by Gasteiger charge is 2.15. The Bertz CT molecular complexity index is 2520. The average Bonchev–Trinajstić information content (AvgIpc) is 3.53. The molecule has 47 heavy (non-hydrogen) atoms. The molecule has 0 atom stereocenters. The minimum Gasteiger partial charge on any atom is -0.454 e. The largest absolute Gasteiger partial charge is 0.454 e. The number of benzene rings is 5. The molecule has 220 valence electrons. The SMILES string of the molecule is c1ccc(-c2nc(-c3ccccc3)nc(-c3cccc(-c4cccc5nc(-c6cc7c(cn6)oc6ccccc67)ccc45)c3)n2)cc1. The number of furan rings is 1. The van der Waals surface area contributed by atoms with E-state index in [1.54, 1.807) is 6.20 Å². The Hall–Kier alpha value is -6.53. The molecule has 0 spiro atoms. The van der Waals surface area contributed by atoms with Crippen molar-refractivity contribution in [3.63, 3.8) is 0 Å². The molecule has 4 heterocycles. The molecule has 9 rings (SSSR count). The molecule has 0 saturated carbocycles. The summed E-state index contributed by atoms with van der Waals surface area (Å²) in [5, 5.41) is 3.15. The number of para-hydroxylation sites is 1. The van der Waals surface area contributed by atoms with Gasteiger partial charge < -0.3 is 4.42 Å². The lowest BCUT2D eigenvalue weighted by Gasteiger charge is -2.11. The number of nitrogens with zero attached hydrogens (tertiary/aromatic N) is 5. The molecular weight excluding hydrogens is 578 g/mol.